The Morgan fingerprint density at radius 3 is 2.81 bits per heavy atom. The lowest BCUT2D eigenvalue weighted by Gasteiger charge is -2.25. The summed E-state index contributed by atoms with van der Waals surface area (Å²) in [5.41, 5.74) is -0.586. The minimum absolute atomic E-state index is 0.298. The maximum Gasteiger partial charge on any atom is 0.306 e. The first-order valence-corrected chi connectivity index (χ1v) is 5.11. The Morgan fingerprint density at radius 1 is 1.50 bits per heavy atom. The molecule has 86 valence electrons. The lowest BCUT2D eigenvalue weighted by molar-refractivity contribution is -0.148. The van der Waals surface area contributed by atoms with Crippen LogP contribution in [0.3, 0.4) is 0 Å². The van der Waals surface area contributed by atoms with Crippen molar-refractivity contribution in [3.05, 3.63) is 29.6 Å². The van der Waals surface area contributed by atoms with Crippen molar-refractivity contribution in [2.24, 2.45) is 0 Å². The van der Waals surface area contributed by atoms with Crippen molar-refractivity contribution >= 4 is 5.97 Å². The fraction of sp³-hybridized carbons (Fsp3) is 0.417. The fourth-order valence-electron chi connectivity index (χ4n) is 2.06. The van der Waals surface area contributed by atoms with Gasteiger partial charge in [0.05, 0.1) is 12.7 Å². The Hall–Kier alpha value is -1.58. The second-order valence-electron chi connectivity index (χ2n) is 4.02. The molecule has 2 rings (SSSR count). The van der Waals surface area contributed by atoms with Crippen molar-refractivity contribution in [2.45, 2.75) is 25.4 Å². The molecular formula is C12H13FO3. The Bertz CT molecular complexity index is 430. The van der Waals surface area contributed by atoms with Crippen LogP contribution in [0.25, 0.3) is 0 Å². The number of esters is 1. The van der Waals surface area contributed by atoms with Crippen LogP contribution in [0.5, 0.6) is 5.75 Å². The number of hydrogen-bond acceptors (Lipinski definition) is 3. The fourth-order valence-corrected chi connectivity index (χ4v) is 2.06. The normalized spacial score (nSPS) is 24.3. The highest BCUT2D eigenvalue weighted by Crippen LogP contribution is 2.42. The van der Waals surface area contributed by atoms with Gasteiger partial charge in [0.1, 0.15) is 17.2 Å². The van der Waals surface area contributed by atoms with E-state index in [-0.39, 0.29) is 5.97 Å². The van der Waals surface area contributed by atoms with Crippen molar-refractivity contribution in [3.63, 3.8) is 0 Å². The highest BCUT2D eigenvalue weighted by molar-refractivity contribution is 5.73. The van der Waals surface area contributed by atoms with Crippen LogP contribution in [0.4, 0.5) is 4.39 Å². The molecule has 0 saturated carbocycles. The summed E-state index contributed by atoms with van der Waals surface area (Å²) in [6.45, 7) is 1.71. The number of carbonyl (C=O) groups excluding carboxylic acids is 1. The largest absolute Gasteiger partial charge is 0.496 e. The van der Waals surface area contributed by atoms with Crippen molar-refractivity contribution in [2.75, 3.05) is 7.11 Å². The predicted molar refractivity (Wildman–Crippen MR) is 55.6 cm³/mol. The maximum absolute atomic E-state index is 13.8. The van der Waals surface area contributed by atoms with E-state index in [9.17, 15) is 9.18 Å². The lowest BCUT2D eigenvalue weighted by atomic mass is 9.91. The molecular weight excluding hydrogens is 211 g/mol. The third kappa shape index (κ3) is 1.64. The highest BCUT2D eigenvalue weighted by atomic mass is 19.1. The van der Waals surface area contributed by atoms with Gasteiger partial charge in [-0.3, -0.25) is 4.79 Å². The average Bonchev–Trinajstić information content (AvgIpc) is 2.59. The summed E-state index contributed by atoms with van der Waals surface area (Å²) in [4.78, 5) is 11.2. The molecule has 0 amide bonds. The molecule has 1 unspecified atom stereocenters. The molecule has 0 radical (unpaired) electrons. The van der Waals surface area contributed by atoms with Gasteiger partial charge in [-0.25, -0.2) is 4.39 Å². The van der Waals surface area contributed by atoms with Crippen LogP contribution in [0.1, 0.15) is 25.3 Å². The van der Waals surface area contributed by atoms with Crippen LogP contribution in [-0.4, -0.2) is 13.1 Å². The van der Waals surface area contributed by atoms with Crippen molar-refractivity contribution in [3.8, 4) is 5.75 Å². The van der Waals surface area contributed by atoms with Gasteiger partial charge in [-0.05, 0) is 19.1 Å². The number of cyclic esters (lactones) is 1. The summed E-state index contributed by atoms with van der Waals surface area (Å²) >= 11 is 0. The zero-order valence-electron chi connectivity index (χ0n) is 9.25. The molecule has 0 aliphatic carbocycles. The van der Waals surface area contributed by atoms with Crippen LogP contribution < -0.4 is 4.74 Å². The molecule has 1 fully saturated rings. The number of carbonyl (C=O) groups is 1. The van der Waals surface area contributed by atoms with Crippen molar-refractivity contribution in [1.29, 1.82) is 0 Å². The van der Waals surface area contributed by atoms with Gasteiger partial charge in [0.25, 0.3) is 0 Å². The van der Waals surface area contributed by atoms with Gasteiger partial charge in [0.15, 0.2) is 0 Å². The Morgan fingerprint density at radius 2 is 2.25 bits per heavy atom. The molecule has 0 N–H and O–H groups in total. The second kappa shape index (κ2) is 3.77. The zero-order valence-corrected chi connectivity index (χ0v) is 9.25. The SMILES string of the molecule is COc1cccc(F)c1C1(C)CCC(=O)O1. The number of methoxy groups -OCH3 is 1. The van der Waals surface area contributed by atoms with E-state index in [0.29, 0.717) is 24.2 Å². The summed E-state index contributed by atoms with van der Waals surface area (Å²) in [7, 11) is 1.47. The van der Waals surface area contributed by atoms with E-state index >= 15 is 0 Å². The Labute approximate surface area is 93.2 Å². The first-order chi connectivity index (χ1) is 7.57. The molecule has 1 aromatic rings. The van der Waals surface area contributed by atoms with Crippen LogP contribution in [0.15, 0.2) is 18.2 Å². The molecule has 1 saturated heterocycles. The minimum atomic E-state index is -0.909. The van der Waals surface area contributed by atoms with E-state index < -0.39 is 11.4 Å². The summed E-state index contributed by atoms with van der Waals surface area (Å²) < 4.78 is 24.1. The van der Waals surface area contributed by atoms with Gasteiger partial charge < -0.3 is 9.47 Å². The van der Waals surface area contributed by atoms with Crippen LogP contribution >= 0.6 is 0 Å². The van der Waals surface area contributed by atoms with Crippen molar-refractivity contribution < 1.29 is 18.7 Å². The molecule has 3 nitrogen and oxygen atoms in total. The molecule has 16 heavy (non-hydrogen) atoms. The maximum atomic E-state index is 13.8. The predicted octanol–water partition coefficient (Wildman–Crippen LogP) is 2.39. The van der Waals surface area contributed by atoms with E-state index in [2.05, 4.69) is 0 Å². The topological polar surface area (TPSA) is 35.5 Å². The number of ether oxygens (including phenoxy) is 2. The van der Waals surface area contributed by atoms with Crippen LogP contribution in [-0.2, 0) is 15.1 Å². The number of benzene rings is 1. The number of rotatable bonds is 2. The summed E-state index contributed by atoms with van der Waals surface area (Å²) in [6, 6.07) is 4.57. The molecule has 0 spiro atoms. The minimum Gasteiger partial charge on any atom is -0.496 e. The molecule has 4 heteroatoms. The second-order valence-corrected chi connectivity index (χ2v) is 4.02. The van der Waals surface area contributed by atoms with E-state index in [1.165, 1.54) is 13.2 Å². The Balaban J connectivity index is 2.50. The quantitative estimate of drug-likeness (QED) is 0.723. The standard InChI is InChI=1S/C12H13FO3/c1-12(7-6-10(14)16-12)11-8(13)4-3-5-9(11)15-2/h3-5H,6-7H2,1-2H3. The van der Waals surface area contributed by atoms with Gasteiger partial charge in [0, 0.05) is 12.8 Å². The van der Waals surface area contributed by atoms with Crippen LogP contribution in [0.2, 0.25) is 0 Å². The molecule has 1 aliphatic rings. The third-order valence-corrected chi connectivity index (χ3v) is 2.87. The van der Waals surface area contributed by atoms with Gasteiger partial charge in [-0.2, -0.15) is 0 Å². The molecule has 1 heterocycles. The van der Waals surface area contributed by atoms with E-state index in [1.807, 2.05) is 0 Å². The van der Waals surface area contributed by atoms with Gasteiger partial charge in [-0.1, -0.05) is 6.07 Å². The average molecular weight is 224 g/mol. The van der Waals surface area contributed by atoms with Crippen LogP contribution in [0, 0.1) is 5.82 Å². The molecule has 0 bridgehead atoms. The first kappa shape index (κ1) is 10.9. The monoisotopic (exact) mass is 224 g/mol. The summed E-state index contributed by atoms with van der Waals surface area (Å²) in [6.07, 6.45) is 0.789. The van der Waals surface area contributed by atoms with E-state index in [0.717, 1.165) is 0 Å². The molecule has 1 atom stereocenters. The molecule has 0 aromatic heterocycles. The summed E-state index contributed by atoms with van der Waals surface area (Å²) in [5, 5.41) is 0. The molecule has 1 aliphatic heterocycles. The first-order valence-electron chi connectivity index (χ1n) is 5.11. The van der Waals surface area contributed by atoms with Gasteiger partial charge >= 0.3 is 5.97 Å². The lowest BCUT2D eigenvalue weighted by Crippen LogP contribution is -2.23. The summed E-state index contributed by atoms with van der Waals surface area (Å²) in [5.74, 6) is -0.290. The smallest absolute Gasteiger partial charge is 0.306 e. The van der Waals surface area contributed by atoms with E-state index in [4.69, 9.17) is 9.47 Å². The Kier molecular flexibility index (Phi) is 2.58. The zero-order chi connectivity index (χ0) is 11.8. The van der Waals surface area contributed by atoms with E-state index in [1.54, 1.807) is 19.1 Å². The van der Waals surface area contributed by atoms with Gasteiger partial charge in [-0.15, -0.1) is 0 Å². The van der Waals surface area contributed by atoms with Crippen molar-refractivity contribution in [1.82, 2.24) is 0 Å². The number of halogens is 1. The molecule has 1 aromatic carbocycles. The van der Waals surface area contributed by atoms with Gasteiger partial charge in [0.2, 0.25) is 0 Å². The highest BCUT2D eigenvalue weighted by Gasteiger charge is 2.41. The third-order valence-electron chi connectivity index (χ3n) is 2.87. The number of hydrogen-bond donors (Lipinski definition) is 0.